The van der Waals surface area contributed by atoms with Gasteiger partial charge in [0.1, 0.15) is 12.4 Å². The van der Waals surface area contributed by atoms with Gasteiger partial charge in [0, 0.05) is 12.6 Å². The van der Waals surface area contributed by atoms with Crippen LogP contribution in [0.2, 0.25) is 0 Å². The maximum atomic E-state index is 14.7. The summed E-state index contributed by atoms with van der Waals surface area (Å²) in [5, 5.41) is 14.6. The monoisotopic (exact) mass is 471 g/mol. The number of nitrogens with one attached hydrogen (secondary N) is 2. The number of benzene rings is 1. The Kier molecular flexibility index (Phi) is 8.63. The Bertz CT molecular complexity index is 1050. The summed E-state index contributed by atoms with van der Waals surface area (Å²) in [4.78, 5) is 16.9. The summed E-state index contributed by atoms with van der Waals surface area (Å²) in [7, 11) is 0. The van der Waals surface area contributed by atoms with Gasteiger partial charge in [0.2, 0.25) is 5.88 Å². The van der Waals surface area contributed by atoms with Crippen molar-refractivity contribution in [1.29, 1.82) is 0 Å². The van der Waals surface area contributed by atoms with Crippen LogP contribution in [0, 0.1) is 18.2 Å². The molecule has 1 aliphatic heterocycles. The first kappa shape index (κ1) is 25.6. The number of aryl methyl sites for hydroxylation is 1. The average molecular weight is 472 g/mol. The minimum atomic E-state index is -0.509. The number of aliphatic hydroxyl groups excluding tert-OH is 1. The third kappa shape index (κ3) is 7.27. The van der Waals surface area contributed by atoms with Crippen LogP contribution in [0.3, 0.4) is 0 Å². The maximum Gasteiger partial charge on any atom is 0.319 e. The number of pyridine rings is 1. The quantitative estimate of drug-likeness (QED) is 0.508. The smallest absolute Gasteiger partial charge is 0.319 e. The first-order valence-corrected chi connectivity index (χ1v) is 11.5. The van der Waals surface area contributed by atoms with Gasteiger partial charge in [0.15, 0.2) is 0 Å². The average Bonchev–Trinajstić information content (AvgIpc) is 2.79. The first-order valence-electron chi connectivity index (χ1n) is 11.5. The van der Waals surface area contributed by atoms with Crippen LogP contribution in [-0.4, -0.2) is 49.1 Å². The minimum Gasteiger partial charge on any atom is -0.475 e. The lowest BCUT2D eigenvalue weighted by molar-refractivity contribution is 0.161. The molecular formula is C26H34FN3O4. The van der Waals surface area contributed by atoms with Gasteiger partial charge in [-0.3, -0.25) is 0 Å². The van der Waals surface area contributed by atoms with E-state index in [0.29, 0.717) is 31.2 Å². The van der Waals surface area contributed by atoms with Crippen LogP contribution in [-0.2, 0) is 4.74 Å². The van der Waals surface area contributed by atoms with E-state index in [2.05, 4.69) is 36.4 Å². The Morgan fingerprint density at radius 2 is 2.06 bits per heavy atom. The first-order chi connectivity index (χ1) is 16.2. The number of rotatable bonds is 8. The largest absolute Gasteiger partial charge is 0.475 e. The summed E-state index contributed by atoms with van der Waals surface area (Å²) in [6.07, 6.45) is 3.51. The molecule has 2 heterocycles. The lowest BCUT2D eigenvalue weighted by Crippen LogP contribution is -2.31. The van der Waals surface area contributed by atoms with Crippen molar-refractivity contribution in [3.05, 3.63) is 47.4 Å². The fourth-order valence-electron chi connectivity index (χ4n) is 3.61. The second-order valence-electron chi connectivity index (χ2n) is 9.54. The minimum absolute atomic E-state index is 0.0876. The third-order valence-electron chi connectivity index (χ3n) is 5.47. The van der Waals surface area contributed by atoms with Gasteiger partial charge in [0.25, 0.3) is 0 Å². The summed E-state index contributed by atoms with van der Waals surface area (Å²) in [5.41, 5.74) is 4.20. The molecule has 184 valence electrons. The highest BCUT2D eigenvalue weighted by molar-refractivity contribution is 5.90. The molecule has 0 atom stereocenters. The number of amides is 2. The predicted octanol–water partition coefficient (Wildman–Crippen LogP) is 4.93. The fourth-order valence-corrected chi connectivity index (χ4v) is 3.61. The molecule has 0 unspecified atom stereocenters. The van der Waals surface area contributed by atoms with Gasteiger partial charge < -0.3 is 25.2 Å². The number of ether oxygens (including phenoxy) is 2. The number of aliphatic hydroxyl groups is 1. The summed E-state index contributed by atoms with van der Waals surface area (Å²) in [6, 6.07) is 6.26. The highest BCUT2D eigenvalue weighted by atomic mass is 19.1. The zero-order valence-corrected chi connectivity index (χ0v) is 20.3. The Labute approximate surface area is 200 Å². The number of hydrogen-bond donors (Lipinski definition) is 3. The molecule has 1 aliphatic rings. The number of carbonyl (C=O) groups is 1. The molecule has 3 rings (SSSR count). The van der Waals surface area contributed by atoms with Crippen LogP contribution in [0.1, 0.15) is 44.9 Å². The zero-order valence-electron chi connectivity index (χ0n) is 20.3. The number of hydrogen-bond acceptors (Lipinski definition) is 5. The molecule has 0 aliphatic carbocycles. The molecule has 1 aromatic heterocycles. The van der Waals surface area contributed by atoms with E-state index >= 15 is 0 Å². The number of nitrogens with zero attached hydrogens (tertiary/aromatic N) is 1. The normalized spacial score (nSPS) is 13.9. The van der Waals surface area contributed by atoms with Gasteiger partial charge >= 0.3 is 6.03 Å². The van der Waals surface area contributed by atoms with Crippen molar-refractivity contribution in [1.82, 2.24) is 10.3 Å². The van der Waals surface area contributed by atoms with E-state index in [1.807, 2.05) is 19.1 Å². The van der Waals surface area contributed by atoms with E-state index in [-0.39, 0.29) is 24.3 Å². The molecule has 1 aromatic carbocycles. The van der Waals surface area contributed by atoms with Crippen LogP contribution >= 0.6 is 0 Å². The summed E-state index contributed by atoms with van der Waals surface area (Å²) < 4.78 is 25.7. The highest BCUT2D eigenvalue weighted by Gasteiger charge is 2.17. The summed E-state index contributed by atoms with van der Waals surface area (Å²) in [5.74, 6) is -0.141. The lowest BCUT2D eigenvalue weighted by atomic mass is 9.92. The molecule has 0 bridgehead atoms. The van der Waals surface area contributed by atoms with Crippen molar-refractivity contribution in [3.8, 4) is 17.0 Å². The molecule has 3 N–H and O–H groups in total. The number of carbonyl (C=O) groups excluding carboxylic acids is 1. The number of anilines is 1. The van der Waals surface area contributed by atoms with E-state index in [9.17, 15) is 9.18 Å². The van der Waals surface area contributed by atoms with E-state index in [1.54, 1.807) is 12.1 Å². The van der Waals surface area contributed by atoms with Crippen LogP contribution < -0.4 is 15.4 Å². The van der Waals surface area contributed by atoms with E-state index in [0.717, 1.165) is 35.2 Å². The third-order valence-corrected chi connectivity index (χ3v) is 5.47. The van der Waals surface area contributed by atoms with E-state index < -0.39 is 11.8 Å². The van der Waals surface area contributed by atoms with Gasteiger partial charge in [-0.2, -0.15) is 0 Å². The highest BCUT2D eigenvalue weighted by Crippen LogP contribution is 2.33. The zero-order chi connectivity index (χ0) is 24.7. The maximum absolute atomic E-state index is 14.7. The van der Waals surface area contributed by atoms with Gasteiger partial charge in [-0.1, -0.05) is 26.8 Å². The van der Waals surface area contributed by atoms with Crippen molar-refractivity contribution in [2.75, 3.05) is 38.3 Å². The van der Waals surface area contributed by atoms with Crippen molar-refractivity contribution >= 4 is 17.3 Å². The van der Waals surface area contributed by atoms with Gasteiger partial charge in [-0.05, 0) is 65.6 Å². The van der Waals surface area contributed by atoms with Crippen LogP contribution in [0.25, 0.3) is 16.7 Å². The Morgan fingerprint density at radius 3 is 2.74 bits per heavy atom. The topological polar surface area (TPSA) is 92.7 Å². The molecule has 0 radical (unpaired) electrons. The molecule has 34 heavy (non-hydrogen) atoms. The Balaban J connectivity index is 1.90. The van der Waals surface area contributed by atoms with Crippen LogP contribution in [0.5, 0.6) is 5.88 Å². The molecule has 7 nitrogen and oxygen atoms in total. The second-order valence-corrected chi connectivity index (χ2v) is 9.54. The van der Waals surface area contributed by atoms with Crippen molar-refractivity contribution in [2.24, 2.45) is 5.41 Å². The molecule has 0 saturated carbocycles. The summed E-state index contributed by atoms with van der Waals surface area (Å²) >= 11 is 0. The van der Waals surface area contributed by atoms with E-state index in [1.165, 1.54) is 6.07 Å². The molecule has 8 heteroatoms. The Hall–Kier alpha value is -2.97. The Morgan fingerprint density at radius 1 is 1.26 bits per heavy atom. The van der Waals surface area contributed by atoms with E-state index in [4.69, 9.17) is 14.6 Å². The molecule has 0 spiro atoms. The standard InChI is InChI=1S/C26H34FN3O4/c1-17-13-21(27)23(30-25(32)28-8-7-26(2,3)4)16-20(17)19-14-22(18-5-10-33-11-6-18)29-24(15-19)34-12-9-31/h5,13-16,31H,6-12H2,1-4H3,(H2,28,30,32). The molecular weight excluding hydrogens is 437 g/mol. The van der Waals surface area contributed by atoms with Crippen molar-refractivity contribution in [2.45, 2.75) is 40.5 Å². The molecule has 2 aromatic rings. The molecule has 2 amide bonds. The van der Waals surface area contributed by atoms with Crippen molar-refractivity contribution < 1.29 is 23.8 Å². The van der Waals surface area contributed by atoms with Crippen molar-refractivity contribution in [3.63, 3.8) is 0 Å². The number of halogens is 1. The summed E-state index contributed by atoms with van der Waals surface area (Å²) in [6.45, 7) is 9.69. The van der Waals surface area contributed by atoms with Gasteiger partial charge in [0.05, 0.1) is 31.2 Å². The lowest BCUT2D eigenvalue weighted by Gasteiger charge is -2.19. The predicted molar refractivity (Wildman–Crippen MR) is 131 cm³/mol. The van der Waals surface area contributed by atoms with Gasteiger partial charge in [-0.25, -0.2) is 14.2 Å². The number of urea groups is 1. The molecule has 0 fully saturated rings. The molecule has 0 saturated heterocycles. The SMILES string of the molecule is Cc1cc(F)c(NC(=O)NCCC(C)(C)C)cc1-c1cc(OCCO)nc(C2=CCOCC2)c1. The number of aromatic nitrogens is 1. The fraction of sp³-hybridized carbons (Fsp3) is 0.462. The van der Waals surface area contributed by atoms with Crippen LogP contribution in [0.15, 0.2) is 30.3 Å². The second kappa shape index (κ2) is 11.4. The van der Waals surface area contributed by atoms with Crippen LogP contribution in [0.4, 0.5) is 14.9 Å². The van der Waals surface area contributed by atoms with Gasteiger partial charge in [-0.15, -0.1) is 0 Å².